The van der Waals surface area contributed by atoms with Crippen molar-refractivity contribution < 1.29 is 9.53 Å². The fourth-order valence-electron chi connectivity index (χ4n) is 1.85. The van der Waals surface area contributed by atoms with Gasteiger partial charge in [0.25, 0.3) is 5.91 Å². The molecule has 1 aromatic heterocycles. The molecule has 112 valence electrons. The number of aromatic nitrogens is 1. The number of ether oxygens (including phenoxy) is 1. The standard InChI is InChI=1S/C14H22ClN3O2/c1-10(2)9-18(5-6-20-4)14(19)11-7-12(15)17-13(8-11)16-3/h7-8,10H,5-6,9H2,1-4H3,(H,16,17). The van der Waals surface area contributed by atoms with E-state index in [2.05, 4.69) is 24.1 Å². The molecule has 0 bridgehead atoms. The number of anilines is 1. The van der Waals surface area contributed by atoms with Crippen molar-refractivity contribution in [1.29, 1.82) is 0 Å². The van der Waals surface area contributed by atoms with Gasteiger partial charge < -0.3 is 15.0 Å². The highest BCUT2D eigenvalue weighted by Crippen LogP contribution is 2.16. The van der Waals surface area contributed by atoms with Crippen molar-refractivity contribution >= 4 is 23.3 Å². The third-order valence-corrected chi connectivity index (χ3v) is 2.93. The summed E-state index contributed by atoms with van der Waals surface area (Å²) < 4.78 is 5.06. The maximum absolute atomic E-state index is 12.6. The van der Waals surface area contributed by atoms with Crippen molar-refractivity contribution in [3.63, 3.8) is 0 Å². The monoisotopic (exact) mass is 299 g/mol. The van der Waals surface area contributed by atoms with Crippen LogP contribution in [0.1, 0.15) is 24.2 Å². The summed E-state index contributed by atoms with van der Waals surface area (Å²) in [5.74, 6) is 0.908. The van der Waals surface area contributed by atoms with Crippen molar-refractivity contribution in [2.75, 3.05) is 39.2 Å². The van der Waals surface area contributed by atoms with Crippen LogP contribution in [0.5, 0.6) is 0 Å². The lowest BCUT2D eigenvalue weighted by atomic mass is 10.1. The number of methoxy groups -OCH3 is 1. The molecule has 1 heterocycles. The van der Waals surface area contributed by atoms with Gasteiger partial charge in [-0.05, 0) is 18.1 Å². The molecule has 0 aromatic carbocycles. The van der Waals surface area contributed by atoms with Crippen LogP contribution in [0.3, 0.4) is 0 Å². The van der Waals surface area contributed by atoms with Crippen LogP contribution in [-0.2, 0) is 4.74 Å². The third kappa shape index (κ3) is 4.98. The quantitative estimate of drug-likeness (QED) is 0.786. The number of rotatable bonds is 7. The molecule has 0 saturated heterocycles. The predicted octanol–water partition coefficient (Wildman–Crippen LogP) is 2.52. The first-order valence-corrected chi connectivity index (χ1v) is 6.99. The fourth-order valence-corrected chi connectivity index (χ4v) is 2.06. The van der Waals surface area contributed by atoms with E-state index in [4.69, 9.17) is 16.3 Å². The van der Waals surface area contributed by atoms with Gasteiger partial charge in [-0.1, -0.05) is 25.4 Å². The molecule has 0 saturated carbocycles. The largest absolute Gasteiger partial charge is 0.383 e. The zero-order valence-electron chi connectivity index (χ0n) is 12.4. The van der Waals surface area contributed by atoms with E-state index in [1.807, 2.05) is 0 Å². The minimum atomic E-state index is -0.0587. The highest BCUT2D eigenvalue weighted by molar-refractivity contribution is 6.29. The Morgan fingerprint density at radius 3 is 2.75 bits per heavy atom. The van der Waals surface area contributed by atoms with Gasteiger partial charge in [-0.25, -0.2) is 4.98 Å². The van der Waals surface area contributed by atoms with Crippen LogP contribution in [-0.4, -0.2) is 49.6 Å². The smallest absolute Gasteiger partial charge is 0.254 e. The number of pyridine rings is 1. The molecular weight excluding hydrogens is 278 g/mol. The number of carbonyl (C=O) groups is 1. The van der Waals surface area contributed by atoms with Gasteiger partial charge in [-0.2, -0.15) is 0 Å². The number of nitrogens with one attached hydrogen (secondary N) is 1. The van der Waals surface area contributed by atoms with Gasteiger partial charge in [0, 0.05) is 32.8 Å². The summed E-state index contributed by atoms with van der Waals surface area (Å²) in [6.45, 7) is 5.90. The molecule has 1 aromatic rings. The summed E-state index contributed by atoms with van der Waals surface area (Å²) in [5.41, 5.74) is 0.533. The van der Waals surface area contributed by atoms with E-state index in [1.165, 1.54) is 0 Å². The van der Waals surface area contributed by atoms with E-state index < -0.39 is 0 Å². The second kappa shape index (κ2) is 8.07. The first-order chi connectivity index (χ1) is 9.47. The van der Waals surface area contributed by atoms with Gasteiger partial charge in [-0.3, -0.25) is 4.79 Å². The van der Waals surface area contributed by atoms with Crippen molar-refractivity contribution in [2.45, 2.75) is 13.8 Å². The molecular formula is C14H22ClN3O2. The lowest BCUT2D eigenvalue weighted by Gasteiger charge is -2.24. The van der Waals surface area contributed by atoms with Crippen LogP contribution in [0.2, 0.25) is 5.15 Å². The summed E-state index contributed by atoms with van der Waals surface area (Å²) in [6.07, 6.45) is 0. The van der Waals surface area contributed by atoms with Crippen LogP contribution >= 0.6 is 11.6 Å². The molecule has 5 nitrogen and oxygen atoms in total. The van der Waals surface area contributed by atoms with E-state index in [9.17, 15) is 4.79 Å². The maximum Gasteiger partial charge on any atom is 0.254 e. The molecule has 0 radical (unpaired) electrons. The molecule has 1 rings (SSSR count). The summed E-state index contributed by atoms with van der Waals surface area (Å²) in [4.78, 5) is 18.4. The zero-order chi connectivity index (χ0) is 15.1. The number of nitrogens with zero attached hydrogens (tertiary/aromatic N) is 2. The van der Waals surface area contributed by atoms with E-state index in [0.29, 0.717) is 42.1 Å². The summed E-state index contributed by atoms with van der Waals surface area (Å²) in [7, 11) is 3.37. The molecule has 1 amide bonds. The minimum absolute atomic E-state index is 0.0587. The van der Waals surface area contributed by atoms with Crippen molar-refractivity contribution in [3.8, 4) is 0 Å². The molecule has 0 aliphatic carbocycles. The van der Waals surface area contributed by atoms with Crippen LogP contribution in [0, 0.1) is 5.92 Å². The Kier molecular flexibility index (Phi) is 6.75. The Morgan fingerprint density at radius 2 is 2.20 bits per heavy atom. The predicted molar refractivity (Wildman–Crippen MR) is 81.4 cm³/mol. The number of halogens is 1. The van der Waals surface area contributed by atoms with Crippen LogP contribution in [0.15, 0.2) is 12.1 Å². The van der Waals surface area contributed by atoms with Crippen molar-refractivity contribution in [2.24, 2.45) is 5.92 Å². The van der Waals surface area contributed by atoms with E-state index >= 15 is 0 Å². The van der Waals surface area contributed by atoms with Crippen LogP contribution in [0.4, 0.5) is 5.82 Å². The molecule has 0 fully saturated rings. The molecule has 1 N–H and O–H groups in total. The lowest BCUT2D eigenvalue weighted by molar-refractivity contribution is 0.0672. The SMILES string of the molecule is CNc1cc(C(=O)N(CCOC)CC(C)C)cc(Cl)n1. The Hall–Kier alpha value is -1.33. The average Bonchev–Trinajstić information content (AvgIpc) is 2.41. The van der Waals surface area contributed by atoms with Crippen molar-refractivity contribution in [3.05, 3.63) is 22.8 Å². The Bertz CT molecular complexity index is 452. The fraction of sp³-hybridized carbons (Fsp3) is 0.571. The first kappa shape index (κ1) is 16.7. The highest BCUT2D eigenvalue weighted by Gasteiger charge is 2.18. The van der Waals surface area contributed by atoms with Gasteiger partial charge in [0.1, 0.15) is 11.0 Å². The Balaban J connectivity index is 2.95. The molecule has 0 spiro atoms. The van der Waals surface area contributed by atoms with Crippen LogP contribution in [0.25, 0.3) is 0 Å². The molecule has 20 heavy (non-hydrogen) atoms. The van der Waals surface area contributed by atoms with Gasteiger partial charge >= 0.3 is 0 Å². The molecule has 0 aliphatic heterocycles. The number of hydrogen-bond donors (Lipinski definition) is 1. The minimum Gasteiger partial charge on any atom is -0.383 e. The molecule has 0 unspecified atom stereocenters. The molecule has 0 aliphatic rings. The second-order valence-corrected chi connectivity index (χ2v) is 5.34. The van der Waals surface area contributed by atoms with E-state index in [-0.39, 0.29) is 5.91 Å². The molecule has 0 atom stereocenters. The number of hydrogen-bond acceptors (Lipinski definition) is 4. The van der Waals surface area contributed by atoms with E-state index in [1.54, 1.807) is 31.2 Å². The second-order valence-electron chi connectivity index (χ2n) is 4.95. The van der Waals surface area contributed by atoms with Gasteiger partial charge in [0.2, 0.25) is 0 Å². The maximum atomic E-state index is 12.6. The first-order valence-electron chi connectivity index (χ1n) is 6.61. The number of amides is 1. The van der Waals surface area contributed by atoms with E-state index in [0.717, 1.165) is 0 Å². The number of carbonyl (C=O) groups excluding carboxylic acids is 1. The summed E-state index contributed by atoms with van der Waals surface area (Å²) in [5, 5.41) is 3.20. The lowest BCUT2D eigenvalue weighted by Crippen LogP contribution is -2.36. The van der Waals surface area contributed by atoms with Gasteiger partial charge in [-0.15, -0.1) is 0 Å². The zero-order valence-corrected chi connectivity index (χ0v) is 13.2. The Morgan fingerprint density at radius 1 is 1.50 bits per heavy atom. The average molecular weight is 300 g/mol. The molecule has 6 heteroatoms. The van der Waals surface area contributed by atoms with Gasteiger partial charge in [0.05, 0.1) is 6.61 Å². The topological polar surface area (TPSA) is 54.5 Å². The van der Waals surface area contributed by atoms with Crippen molar-refractivity contribution in [1.82, 2.24) is 9.88 Å². The summed E-state index contributed by atoms with van der Waals surface area (Å²) >= 11 is 5.94. The van der Waals surface area contributed by atoms with Crippen LogP contribution < -0.4 is 5.32 Å². The summed E-state index contributed by atoms with van der Waals surface area (Å²) in [6, 6.07) is 3.29. The van der Waals surface area contributed by atoms with Gasteiger partial charge in [0.15, 0.2) is 0 Å². The third-order valence-electron chi connectivity index (χ3n) is 2.74. The highest BCUT2D eigenvalue weighted by atomic mass is 35.5. The normalized spacial score (nSPS) is 10.7. The Labute approximate surface area is 125 Å².